The minimum Gasteiger partial charge on any atom is -0.507 e. The van der Waals surface area contributed by atoms with E-state index >= 15 is 0 Å². The van der Waals surface area contributed by atoms with E-state index in [1.807, 2.05) is 49.3 Å². The van der Waals surface area contributed by atoms with Gasteiger partial charge in [-0.3, -0.25) is 9.69 Å². The molecule has 0 aromatic heterocycles. The summed E-state index contributed by atoms with van der Waals surface area (Å²) in [5.41, 5.74) is 6.60. The number of carbonyl (C=O) groups is 1. The zero-order valence-electron chi connectivity index (χ0n) is 23.0. The highest BCUT2D eigenvalue weighted by molar-refractivity contribution is 5.86. The van der Waals surface area contributed by atoms with Gasteiger partial charge in [-0.1, -0.05) is 59.7 Å². The quantitative estimate of drug-likeness (QED) is 0.401. The topological polar surface area (TPSA) is 92.0 Å². The third-order valence-electron chi connectivity index (χ3n) is 6.02. The summed E-state index contributed by atoms with van der Waals surface area (Å²) >= 11 is 0. The number of phenolic OH excluding ortho intramolecular Hbond substituents is 1. The van der Waals surface area contributed by atoms with Gasteiger partial charge >= 0.3 is 0 Å². The molecule has 36 heavy (non-hydrogen) atoms. The van der Waals surface area contributed by atoms with Gasteiger partial charge in [0.1, 0.15) is 5.75 Å². The van der Waals surface area contributed by atoms with Crippen LogP contribution in [-0.4, -0.2) is 60.8 Å². The van der Waals surface area contributed by atoms with Gasteiger partial charge in [0.15, 0.2) is 0 Å². The molecule has 0 spiro atoms. The number of aromatic hydroxyl groups is 1. The molecule has 0 bridgehead atoms. The average molecular weight is 492 g/mol. The maximum absolute atomic E-state index is 12.4. The molecular formula is C29H41N5O2. The van der Waals surface area contributed by atoms with Crippen LogP contribution in [0.4, 0.5) is 0 Å². The first kappa shape index (κ1) is 29.0. The minimum absolute atomic E-state index is 0.0878. The Morgan fingerprint density at radius 2 is 1.64 bits per heavy atom. The Morgan fingerprint density at radius 3 is 2.19 bits per heavy atom. The molecule has 2 aromatic rings. The highest BCUT2D eigenvalue weighted by atomic mass is 16.3. The summed E-state index contributed by atoms with van der Waals surface area (Å²) in [5.74, 6) is -0.0260. The van der Waals surface area contributed by atoms with Crippen molar-refractivity contribution in [3.05, 3.63) is 64.2 Å². The van der Waals surface area contributed by atoms with Crippen molar-refractivity contribution in [1.29, 1.82) is 5.26 Å². The number of hydrazone groups is 1. The number of phenols is 1. The normalized spacial score (nSPS) is 12.4. The second-order valence-corrected chi connectivity index (χ2v) is 11.5. The lowest BCUT2D eigenvalue weighted by Gasteiger charge is -2.26. The van der Waals surface area contributed by atoms with Gasteiger partial charge in [0.2, 0.25) is 0 Å². The number of nitrogens with zero attached hydrogens (tertiary/aromatic N) is 4. The van der Waals surface area contributed by atoms with Crippen LogP contribution in [0.15, 0.2) is 41.5 Å². The molecular weight excluding hydrogens is 450 g/mol. The fraction of sp³-hybridized carbons (Fsp3) is 0.483. The van der Waals surface area contributed by atoms with Crippen LogP contribution < -0.4 is 5.43 Å². The smallest absolute Gasteiger partial charge is 0.254 e. The van der Waals surface area contributed by atoms with E-state index in [9.17, 15) is 9.90 Å². The predicted molar refractivity (Wildman–Crippen MR) is 146 cm³/mol. The third-order valence-corrected chi connectivity index (χ3v) is 6.02. The van der Waals surface area contributed by atoms with Crippen molar-refractivity contribution in [3.63, 3.8) is 0 Å². The van der Waals surface area contributed by atoms with E-state index in [-0.39, 0.29) is 29.0 Å². The first-order chi connectivity index (χ1) is 16.7. The average Bonchev–Trinajstić information content (AvgIpc) is 2.77. The summed E-state index contributed by atoms with van der Waals surface area (Å²) in [6, 6.07) is 13.7. The second kappa shape index (κ2) is 12.2. The molecule has 0 radical (unpaired) electrons. The van der Waals surface area contributed by atoms with Gasteiger partial charge in [0, 0.05) is 30.8 Å². The second-order valence-electron chi connectivity index (χ2n) is 11.5. The van der Waals surface area contributed by atoms with E-state index in [0.29, 0.717) is 17.7 Å². The summed E-state index contributed by atoms with van der Waals surface area (Å²) in [4.78, 5) is 16.5. The number of hydrogen-bond acceptors (Lipinski definition) is 6. The lowest BCUT2D eigenvalue weighted by Crippen LogP contribution is -2.37. The molecule has 0 saturated carbocycles. The molecule has 0 unspecified atom stereocenters. The zero-order chi connectivity index (χ0) is 27.1. The molecule has 0 fully saturated rings. The number of carbonyl (C=O) groups excluding carboxylic acids is 1. The Labute approximate surface area is 216 Å². The number of hydrogen-bond donors (Lipinski definition) is 2. The van der Waals surface area contributed by atoms with Crippen molar-refractivity contribution in [2.24, 2.45) is 5.10 Å². The van der Waals surface area contributed by atoms with Crippen LogP contribution in [0.5, 0.6) is 5.75 Å². The number of nitrogens with one attached hydrogen (secondary N) is 1. The molecule has 7 nitrogen and oxygen atoms in total. The molecule has 0 heterocycles. The lowest BCUT2D eigenvalue weighted by atomic mass is 9.79. The van der Waals surface area contributed by atoms with Crippen LogP contribution in [0.2, 0.25) is 0 Å². The lowest BCUT2D eigenvalue weighted by molar-refractivity contribution is -0.121. The first-order valence-electron chi connectivity index (χ1n) is 12.3. The molecule has 0 aliphatic carbocycles. The molecule has 2 N–H and O–H groups in total. The largest absolute Gasteiger partial charge is 0.507 e. The van der Waals surface area contributed by atoms with Crippen LogP contribution in [-0.2, 0) is 22.2 Å². The van der Waals surface area contributed by atoms with Crippen LogP contribution in [0, 0.1) is 11.3 Å². The third kappa shape index (κ3) is 8.78. The van der Waals surface area contributed by atoms with Crippen molar-refractivity contribution in [2.75, 3.05) is 33.7 Å². The highest BCUT2D eigenvalue weighted by Gasteiger charge is 2.24. The predicted octanol–water partition coefficient (Wildman–Crippen LogP) is 4.37. The van der Waals surface area contributed by atoms with Gasteiger partial charge in [-0.2, -0.15) is 10.4 Å². The zero-order valence-corrected chi connectivity index (χ0v) is 23.0. The van der Waals surface area contributed by atoms with Crippen LogP contribution in [0.1, 0.15) is 69.4 Å². The first-order valence-corrected chi connectivity index (χ1v) is 12.3. The van der Waals surface area contributed by atoms with Crippen molar-refractivity contribution in [1.82, 2.24) is 15.2 Å². The molecule has 194 valence electrons. The fourth-order valence-electron chi connectivity index (χ4n) is 3.71. The van der Waals surface area contributed by atoms with Gasteiger partial charge in [0.25, 0.3) is 5.91 Å². The van der Waals surface area contributed by atoms with Crippen LogP contribution in [0.25, 0.3) is 0 Å². The highest BCUT2D eigenvalue weighted by Crippen LogP contribution is 2.37. The van der Waals surface area contributed by atoms with Gasteiger partial charge in [-0.05, 0) is 54.3 Å². The standard InChI is InChI=1S/C29H41N5O2/c1-28(2,3)24-15-23(27(36)25(16-24)29(4,5)6)18-31-32-26(35)20-34(8)14-13-33(7)19-22-11-9-21(17-30)10-12-22/h9-12,15-16,18,36H,13-14,19-20H2,1-8H3,(H,32,35). The van der Waals surface area contributed by atoms with Crippen LogP contribution >= 0.6 is 0 Å². The molecule has 0 atom stereocenters. The van der Waals surface area contributed by atoms with Gasteiger partial charge in [-0.15, -0.1) is 0 Å². The molecule has 0 saturated heterocycles. The van der Waals surface area contributed by atoms with Crippen molar-refractivity contribution < 1.29 is 9.90 Å². The number of amides is 1. The van der Waals surface area contributed by atoms with E-state index in [2.05, 4.69) is 69.1 Å². The summed E-state index contributed by atoms with van der Waals surface area (Å²) in [7, 11) is 3.92. The number of likely N-dealkylation sites (N-methyl/N-ethyl adjacent to an activating group) is 2. The Balaban J connectivity index is 1.92. The Morgan fingerprint density at radius 1 is 1.03 bits per heavy atom. The summed E-state index contributed by atoms with van der Waals surface area (Å²) in [5, 5.41) is 23.9. The van der Waals surface area contributed by atoms with E-state index in [1.165, 1.54) is 6.21 Å². The Hall–Kier alpha value is -3.21. The monoisotopic (exact) mass is 491 g/mol. The van der Waals surface area contributed by atoms with Gasteiger partial charge < -0.3 is 10.0 Å². The number of benzene rings is 2. The molecule has 2 rings (SSSR count). The SMILES string of the molecule is CN(CCN(C)Cc1ccc(C#N)cc1)CC(=O)NN=Cc1cc(C(C)(C)C)cc(C(C)(C)C)c1O. The van der Waals surface area contributed by atoms with Crippen molar-refractivity contribution in [3.8, 4) is 11.8 Å². The van der Waals surface area contributed by atoms with E-state index in [0.717, 1.165) is 29.8 Å². The van der Waals surface area contributed by atoms with Crippen LogP contribution in [0.3, 0.4) is 0 Å². The maximum atomic E-state index is 12.4. The minimum atomic E-state index is -0.229. The van der Waals surface area contributed by atoms with E-state index in [1.54, 1.807) is 0 Å². The summed E-state index contributed by atoms with van der Waals surface area (Å²) in [6.45, 7) is 15.1. The Bertz CT molecular complexity index is 1100. The summed E-state index contributed by atoms with van der Waals surface area (Å²) < 4.78 is 0. The number of nitriles is 1. The summed E-state index contributed by atoms with van der Waals surface area (Å²) in [6.07, 6.45) is 1.52. The van der Waals surface area contributed by atoms with Crippen molar-refractivity contribution in [2.45, 2.75) is 58.9 Å². The molecule has 2 aromatic carbocycles. The fourth-order valence-corrected chi connectivity index (χ4v) is 3.71. The van der Waals surface area contributed by atoms with Crippen molar-refractivity contribution >= 4 is 12.1 Å². The van der Waals surface area contributed by atoms with Gasteiger partial charge in [-0.25, -0.2) is 5.43 Å². The molecule has 1 amide bonds. The number of rotatable bonds is 9. The van der Waals surface area contributed by atoms with Gasteiger partial charge in [0.05, 0.1) is 24.4 Å². The molecule has 7 heteroatoms. The molecule has 0 aliphatic heterocycles. The van der Waals surface area contributed by atoms with E-state index < -0.39 is 0 Å². The maximum Gasteiger partial charge on any atom is 0.254 e. The van der Waals surface area contributed by atoms with E-state index in [4.69, 9.17) is 5.26 Å². The Kier molecular flexibility index (Phi) is 9.80. The molecule has 0 aliphatic rings.